The lowest BCUT2D eigenvalue weighted by Crippen LogP contribution is -2.14. The number of carbonyl (C=O) groups is 1. The van der Waals surface area contributed by atoms with Gasteiger partial charge in [-0.2, -0.15) is 18.4 Å². The molecule has 1 aliphatic carbocycles. The Bertz CT molecular complexity index is 1020. The zero-order valence-electron chi connectivity index (χ0n) is 17.3. The Labute approximate surface area is 178 Å². The summed E-state index contributed by atoms with van der Waals surface area (Å²) in [5, 5.41) is 9.53. The first-order valence-electron chi connectivity index (χ1n) is 9.72. The van der Waals surface area contributed by atoms with Crippen LogP contribution in [0, 0.1) is 28.6 Å². The second kappa shape index (κ2) is 8.46. The zero-order valence-corrected chi connectivity index (χ0v) is 17.3. The Hall–Kier alpha value is -3.27. The van der Waals surface area contributed by atoms with Crippen molar-refractivity contribution in [3.8, 4) is 17.6 Å². The smallest absolute Gasteiger partial charge is 0.412 e. The fraction of sp³-hybridized carbons (Fsp3) is 0.333. The Morgan fingerprint density at radius 2 is 1.77 bits per heavy atom. The molecule has 1 fully saturated rings. The lowest BCUT2D eigenvalue weighted by atomic mass is 10.1. The number of nitrogens with zero attached hydrogens (tertiary/aromatic N) is 1. The van der Waals surface area contributed by atoms with Gasteiger partial charge in [-0.25, -0.2) is 0 Å². The minimum Gasteiger partial charge on any atom is -0.457 e. The molecule has 1 aliphatic rings. The van der Waals surface area contributed by atoms with E-state index in [2.05, 4.69) is 0 Å². The Morgan fingerprint density at radius 1 is 1.13 bits per heavy atom. The van der Waals surface area contributed by atoms with E-state index < -0.39 is 41.1 Å². The summed E-state index contributed by atoms with van der Waals surface area (Å²) < 4.78 is 49.7. The highest BCUT2D eigenvalue weighted by atomic mass is 19.4. The quantitative estimate of drug-likeness (QED) is 0.396. The number of benzene rings is 2. The van der Waals surface area contributed by atoms with E-state index in [1.807, 2.05) is 24.3 Å². The Kier molecular flexibility index (Phi) is 6.12. The van der Waals surface area contributed by atoms with Crippen LogP contribution in [-0.4, -0.2) is 12.1 Å². The average molecular weight is 429 g/mol. The van der Waals surface area contributed by atoms with Gasteiger partial charge < -0.3 is 9.47 Å². The fourth-order valence-electron chi connectivity index (χ4n) is 3.53. The second-order valence-corrected chi connectivity index (χ2v) is 8.11. The van der Waals surface area contributed by atoms with Crippen molar-refractivity contribution in [2.75, 3.05) is 0 Å². The predicted octanol–water partition coefficient (Wildman–Crippen LogP) is 6.37. The molecular weight excluding hydrogens is 407 g/mol. The number of ether oxygens (including phenoxy) is 2. The van der Waals surface area contributed by atoms with E-state index in [1.54, 1.807) is 50.2 Å². The first kappa shape index (κ1) is 22.4. The van der Waals surface area contributed by atoms with Crippen molar-refractivity contribution in [3.63, 3.8) is 0 Å². The maximum absolute atomic E-state index is 12.9. The molecule has 3 unspecified atom stereocenters. The monoisotopic (exact) mass is 429 g/mol. The molecule has 0 heterocycles. The number of allylic oxidation sites excluding steroid dienone is 2. The van der Waals surface area contributed by atoms with Crippen LogP contribution in [0.5, 0.6) is 11.5 Å². The summed E-state index contributed by atoms with van der Waals surface area (Å²) in [6.45, 7) is 4.39. The normalized spacial score (nSPS) is 21.0. The molecule has 3 atom stereocenters. The Morgan fingerprint density at radius 3 is 2.39 bits per heavy atom. The molecule has 0 saturated heterocycles. The van der Waals surface area contributed by atoms with Gasteiger partial charge in [0.05, 0.1) is 5.92 Å². The molecular formula is C24H22F3NO3. The van der Waals surface area contributed by atoms with E-state index in [0.717, 1.165) is 13.0 Å². The minimum absolute atomic E-state index is 0.418. The standard InChI is InChI=1S/C24H22F3NO3/c1-15(24(25,26)27)12-19-21(23(19,2)3)22(29)31-20(14-28)16-8-7-11-18(13-16)30-17-9-5-4-6-10-17/h4-13,19-21H,1-3H3/b15-12+. The van der Waals surface area contributed by atoms with Crippen LogP contribution in [0.2, 0.25) is 0 Å². The fourth-order valence-corrected chi connectivity index (χ4v) is 3.53. The highest BCUT2D eigenvalue weighted by Crippen LogP contribution is 2.60. The van der Waals surface area contributed by atoms with E-state index in [1.165, 1.54) is 0 Å². The van der Waals surface area contributed by atoms with Gasteiger partial charge in [-0.1, -0.05) is 50.3 Å². The molecule has 7 heteroatoms. The summed E-state index contributed by atoms with van der Waals surface area (Å²) in [5.74, 6) is -0.965. The molecule has 0 spiro atoms. The maximum Gasteiger partial charge on any atom is 0.412 e. The van der Waals surface area contributed by atoms with Gasteiger partial charge in [0.25, 0.3) is 0 Å². The van der Waals surface area contributed by atoms with Crippen LogP contribution in [0.1, 0.15) is 32.4 Å². The molecule has 4 nitrogen and oxygen atoms in total. The van der Waals surface area contributed by atoms with Gasteiger partial charge in [-0.3, -0.25) is 4.79 Å². The minimum atomic E-state index is -4.44. The molecule has 2 aromatic carbocycles. The van der Waals surface area contributed by atoms with Crippen molar-refractivity contribution >= 4 is 5.97 Å². The molecule has 0 amide bonds. The highest BCUT2D eigenvalue weighted by Gasteiger charge is 2.62. The lowest BCUT2D eigenvalue weighted by Gasteiger charge is -2.13. The molecule has 0 aromatic heterocycles. The molecule has 0 bridgehead atoms. The number of alkyl halides is 3. The van der Waals surface area contributed by atoms with Crippen LogP contribution in [0.25, 0.3) is 0 Å². The number of rotatable bonds is 6. The lowest BCUT2D eigenvalue weighted by molar-refractivity contribution is -0.149. The number of carbonyl (C=O) groups excluding carboxylic acids is 1. The molecule has 1 saturated carbocycles. The van der Waals surface area contributed by atoms with Crippen molar-refractivity contribution in [1.82, 2.24) is 0 Å². The van der Waals surface area contributed by atoms with Gasteiger partial charge in [0.1, 0.15) is 17.6 Å². The van der Waals surface area contributed by atoms with E-state index in [-0.39, 0.29) is 0 Å². The van der Waals surface area contributed by atoms with Crippen molar-refractivity contribution in [3.05, 3.63) is 71.8 Å². The van der Waals surface area contributed by atoms with Gasteiger partial charge in [0.2, 0.25) is 6.10 Å². The first-order chi connectivity index (χ1) is 14.5. The third kappa shape index (κ3) is 5.08. The molecule has 31 heavy (non-hydrogen) atoms. The number of halogens is 3. The van der Waals surface area contributed by atoms with E-state index in [9.17, 15) is 23.2 Å². The topological polar surface area (TPSA) is 59.3 Å². The number of para-hydroxylation sites is 1. The first-order valence-corrected chi connectivity index (χ1v) is 9.72. The molecule has 0 aliphatic heterocycles. The van der Waals surface area contributed by atoms with Crippen LogP contribution in [0.4, 0.5) is 13.2 Å². The molecule has 0 radical (unpaired) electrons. The largest absolute Gasteiger partial charge is 0.457 e. The number of esters is 1. The molecule has 2 aromatic rings. The van der Waals surface area contributed by atoms with Gasteiger partial charge in [-0.05, 0) is 42.5 Å². The maximum atomic E-state index is 12.9. The third-order valence-corrected chi connectivity index (χ3v) is 5.53. The van der Waals surface area contributed by atoms with Crippen molar-refractivity contribution in [2.24, 2.45) is 17.3 Å². The summed E-state index contributed by atoms with van der Waals surface area (Å²) in [4.78, 5) is 12.7. The van der Waals surface area contributed by atoms with Crippen molar-refractivity contribution in [2.45, 2.75) is 33.1 Å². The highest BCUT2D eigenvalue weighted by molar-refractivity contribution is 5.78. The second-order valence-electron chi connectivity index (χ2n) is 8.11. The average Bonchev–Trinajstić information content (AvgIpc) is 3.26. The summed E-state index contributed by atoms with van der Waals surface area (Å²) in [6.07, 6.45) is -4.57. The predicted molar refractivity (Wildman–Crippen MR) is 108 cm³/mol. The van der Waals surface area contributed by atoms with Crippen LogP contribution in [-0.2, 0) is 9.53 Å². The summed E-state index contributed by atoms with van der Waals surface area (Å²) in [7, 11) is 0. The third-order valence-electron chi connectivity index (χ3n) is 5.53. The summed E-state index contributed by atoms with van der Waals surface area (Å²) in [5.41, 5.74) is -1.01. The van der Waals surface area contributed by atoms with Gasteiger partial charge in [0, 0.05) is 11.1 Å². The number of nitriles is 1. The molecule has 162 valence electrons. The number of hydrogen-bond acceptors (Lipinski definition) is 4. The summed E-state index contributed by atoms with van der Waals surface area (Å²) >= 11 is 0. The van der Waals surface area contributed by atoms with Gasteiger partial charge in [0.15, 0.2) is 0 Å². The van der Waals surface area contributed by atoms with E-state index in [4.69, 9.17) is 9.47 Å². The van der Waals surface area contributed by atoms with Gasteiger partial charge in [-0.15, -0.1) is 0 Å². The van der Waals surface area contributed by atoms with Crippen LogP contribution < -0.4 is 4.74 Å². The Balaban J connectivity index is 1.72. The van der Waals surface area contributed by atoms with Crippen LogP contribution in [0.3, 0.4) is 0 Å². The zero-order chi connectivity index (χ0) is 22.8. The number of hydrogen-bond donors (Lipinski definition) is 0. The molecule has 0 N–H and O–H groups in total. The SMILES string of the molecule is C/C(=C\C1C(C(=O)OC(C#N)c2cccc(Oc3ccccc3)c2)C1(C)C)C(F)(F)F. The molecule has 3 rings (SSSR count). The van der Waals surface area contributed by atoms with E-state index in [0.29, 0.717) is 17.1 Å². The van der Waals surface area contributed by atoms with E-state index >= 15 is 0 Å². The van der Waals surface area contributed by atoms with Crippen molar-refractivity contribution < 1.29 is 27.4 Å². The summed E-state index contributed by atoms with van der Waals surface area (Å²) in [6, 6.07) is 17.6. The van der Waals surface area contributed by atoms with Gasteiger partial charge >= 0.3 is 12.1 Å². The van der Waals surface area contributed by atoms with Crippen molar-refractivity contribution in [1.29, 1.82) is 5.26 Å². The van der Waals surface area contributed by atoms with Crippen LogP contribution in [0.15, 0.2) is 66.2 Å². The van der Waals surface area contributed by atoms with Crippen LogP contribution >= 0.6 is 0 Å².